The number of amides is 2. The number of hydrogen-bond donors (Lipinski definition) is 2. The Hall–Kier alpha value is -3.36. The quantitative estimate of drug-likeness (QED) is 0.445. The first kappa shape index (κ1) is 24.8. The molecule has 0 atom stereocenters. The molecule has 1 saturated heterocycles. The summed E-state index contributed by atoms with van der Waals surface area (Å²) in [6, 6.07) is 18.3. The van der Waals surface area contributed by atoms with Crippen LogP contribution >= 0.6 is 23.8 Å². The summed E-state index contributed by atoms with van der Waals surface area (Å²) in [4.78, 5) is 28.8. The lowest BCUT2D eigenvalue weighted by molar-refractivity contribution is -0.131. The summed E-state index contributed by atoms with van der Waals surface area (Å²) in [6.07, 6.45) is 1.49. The van der Waals surface area contributed by atoms with Crippen LogP contribution in [0.25, 0.3) is 11.3 Å². The number of benzene rings is 2. The van der Waals surface area contributed by atoms with Crippen molar-refractivity contribution < 1.29 is 14.0 Å². The molecule has 0 saturated carbocycles. The monoisotopic (exact) mass is 510 g/mol. The van der Waals surface area contributed by atoms with Gasteiger partial charge in [-0.15, -0.1) is 0 Å². The Morgan fingerprint density at radius 1 is 0.971 bits per heavy atom. The standard InChI is InChI=1S/C26H27ClN4O3S/c1-2-3-24(32)31-16-14-30(15-17-31)21-10-8-20(9-11-21)28-26(35)29-25(33)23-13-12-22(34-23)18-4-6-19(27)7-5-18/h4-13H,2-3,14-17H2,1H3,(H2,28,29,33,35). The van der Waals surface area contributed by atoms with Gasteiger partial charge in [-0.2, -0.15) is 0 Å². The minimum absolute atomic E-state index is 0.158. The third-order valence-corrected chi connectivity index (χ3v) is 6.23. The lowest BCUT2D eigenvalue weighted by Gasteiger charge is -2.36. The Balaban J connectivity index is 1.28. The number of carbonyl (C=O) groups is 2. The number of hydrogen-bond acceptors (Lipinski definition) is 5. The van der Waals surface area contributed by atoms with Crippen LogP contribution in [0.15, 0.2) is 65.1 Å². The first-order valence-electron chi connectivity index (χ1n) is 11.5. The zero-order chi connectivity index (χ0) is 24.8. The molecule has 182 valence electrons. The van der Waals surface area contributed by atoms with E-state index in [1.165, 1.54) is 0 Å². The summed E-state index contributed by atoms with van der Waals surface area (Å²) in [5, 5.41) is 6.47. The maximum absolute atomic E-state index is 12.5. The van der Waals surface area contributed by atoms with Gasteiger partial charge in [0.05, 0.1) is 0 Å². The van der Waals surface area contributed by atoms with Crippen molar-refractivity contribution in [1.29, 1.82) is 0 Å². The highest BCUT2D eigenvalue weighted by Gasteiger charge is 2.20. The first-order valence-corrected chi connectivity index (χ1v) is 12.3. The van der Waals surface area contributed by atoms with Crippen LogP contribution in [0.1, 0.15) is 30.3 Å². The van der Waals surface area contributed by atoms with Crippen molar-refractivity contribution >= 4 is 52.1 Å². The normalized spacial score (nSPS) is 13.4. The Kier molecular flexibility index (Phi) is 8.05. The summed E-state index contributed by atoms with van der Waals surface area (Å²) in [5.74, 6) is 0.524. The second-order valence-electron chi connectivity index (χ2n) is 8.24. The van der Waals surface area contributed by atoms with E-state index >= 15 is 0 Å². The van der Waals surface area contributed by atoms with Gasteiger partial charge in [-0.25, -0.2) is 0 Å². The van der Waals surface area contributed by atoms with E-state index in [-0.39, 0.29) is 16.8 Å². The number of nitrogens with one attached hydrogen (secondary N) is 2. The molecule has 4 rings (SSSR count). The van der Waals surface area contributed by atoms with Gasteiger partial charge in [0.25, 0.3) is 5.91 Å². The van der Waals surface area contributed by atoms with Gasteiger partial charge in [0.2, 0.25) is 5.91 Å². The molecule has 0 radical (unpaired) electrons. The predicted molar refractivity (Wildman–Crippen MR) is 143 cm³/mol. The van der Waals surface area contributed by atoms with Crippen LogP contribution in [0, 0.1) is 0 Å². The zero-order valence-corrected chi connectivity index (χ0v) is 21.0. The van der Waals surface area contributed by atoms with Gasteiger partial charge in [0, 0.05) is 54.6 Å². The van der Waals surface area contributed by atoms with Gasteiger partial charge in [-0.1, -0.05) is 18.5 Å². The van der Waals surface area contributed by atoms with E-state index < -0.39 is 5.91 Å². The molecule has 1 fully saturated rings. The van der Waals surface area contributed by atoms with Crippen LogP contribution in [-0.4, -0.2) is 48.0 Å². The number of halogens is 1. The average molecular weight is 511 g/mol. The SMILES string of the molecule is CCCC(=O)N1CCN(c2ccc(NC(=S)NC(=O)c3ccc(-c4ccc(Cl)cc4)o3)cc2)CC1. The molecular formula is C26H27ClN4O3S. The van der Waals surface area contributed by atoms with Crippen LogP contribution in [0.5, 0.6) is 0 Å². The van der Waals surface area contributed by atoms with Gasteiger partial charge in [0.1, 0.15) is 5.76 Å². The maximum atomic E-state index is 12.5. The largest absolute Gasteiger partial charge is 0.451 e. The third kappa shape index (κ3) is 6.41. The highest BCUT2D eigenvalue weighted by Crippen LogP contribution is 2.24. The van der Waals surface area contributed by atoms with Crippen LogP contribution in [-0.2, 0) is 4.79 Å². The lowest BCUT2D eigenvalue weighted by Crippen LogP contribution is -2.48. The lowest BCUT2D eigenvalue weighted by atomic mass is 10.2. The van der Waals surface area contributed by atoms with Crippen molar-refractivity contribution in [2.45, 2.75) is 19.8 Å². The van der Waals surface area contributed by atoms with Gasteiger partial charge in [-0.05, 0) is 79.3 Å². The van der Waals surface area contributed by atoms with Crippen molar-refractivity contribution in [2.24, 2.45) is 0 Å². The van der Waals surface area contributed by atoms with Crippen molar-refractivity contribution in [1.82, 2.24) is 10.2 Å². The van der Waals surface area contributed by atoms with Crippen LogP contribution < -0.4 is 15.5 Å². The van der Waals surface area contributed by atoms with E-state index in [1.54, 1.807) is 24.3 Å². The van der Waals surface area contributed by atoms with Gasteiger partial charge in [-0.3, -0.25) is 14.9 Å². The Morgan fingerprint density at radius 2 is 1.66 bits per heavy atom. The molecule has 0 aliphatic carbocycles. The number of rotatable bonds is 6. The fourth-order valence-corrected chi connectivity index (χ4v) is 4.23. The van der Waals surface area contributed by atoms with E-state index in [2.05, 4.69) is 15.5 Å². The molecule has 0 spiro atoms. The van der Waals surface area contributed by atoms with E-state index in [9.17, 15) is 9.59 Å². The van der Waals surface area contributed by atoms with Gasteiger partial charge < -0.3 is 19.5 Å². The van der Waals surface area contributed by atoms with Crippen molar-refractivity contribution in [3.8, 4) is 11.3 Å². The average Bonchev–Trinajstić information content (AvgIpc) is 3.36. The highest BCUT2D eigenvalue weighted by molar-refractivity contribution is 7.80. The number of anilines is 2. The smallest absolute Gasteiger partial charge is 0.293 e. The number of furan rings is 1. The van der Waals surface area contributed by atoms with Gasteiger partial charge in [0.15, 0.2) is 10.9 Å². The molecule has 2 aromatic carbocycles. The molecule has 2 amide bonds. The second kappa shape index (κ2) is 11.4. The first-order chi connectivity index (χ1) is 16.9. The van der Waals surface area contributed by atoms with Crippen LogP contribution in [0.4, 0.5) is 11.4 Å². The van der Waals surface area contributed by atoms with Crippen molar-refractivity contribution in [3.63, 3.8) is 0 Å². The Bertz CT molecular complexity index is 1190. The molecule has 1 aliphatic rings. The molecule has 0 bridgehead atoms. The molecular weight excluding hydrogens is 484 g/mol. The molecule has 1 aliphatic heterocycles. The predicted octanol–water partition coefficient (Wildman–Crippen LogP) is 5.18. The summed E-state index contributed by atoms with van der Waals surface area (Å²) in [7, 11) is 0. The van der Waals surface area contributed by atoms with E-state index in [0.717, 1.165) is 49.5 Å². The molecule has 7 nitrogen and oxygen atoms in total. The van der Waals surface area contributed by atoms with Crippen LogP contribution in [0.2, 0.25) is 5.02 Å². The molecule has 2 heterocycles. The summed E-state index contributed by atoms with van der Waals surface area (Å²) < 4.78 is 5.67. The molecule has 35 heavy (non-hydrogen) atoms. The molecule has 9 heteroatoms. The molecule has 3 aromatic rings. The van der Waals surface area contributed by atoms with Crippen molar-refractivity contribution in [3.05, 3.63) is 71.4 Å². The Labute approximate surface area is 215 Å². The molecule has 2 N–H and O–H groups in total. The second-order valence-corrected chi connectivity index (χ2v) is 9.09. The number of piperazine rings is 1. The number of nitrogens with zero attached hydrogens (tertiary/aromatic N) is 2. The maximum Gasteiger partial charge on any atom is 0.293 e. The highest BCUT2D eigenvalue weighted by atomic mass is 35.5. The Morgan fingerprint density at radius 3 is 2.31 bits per heavy atom. The minimum Gasteiger partial charge on any atom is -0.451 e. The van der Waals surface area contributed by atoms with Crippen molar-refractivity contribution in [2.75, 3.05) is 36.4 Å². The zero-order valence-electron chi connectivity index (χ0n) is 19.4. The minimum atomic E-state index is -0.435. The fourth-order valence-electron chi connectivity index (χ4n) is 3.90. The van der Waals surface area contributed by atoms with Gasteiger partial charge >= 0.3 is 0 Å². The summed E-state index contributed by atoms with van der Waals surface area (Å²) >= 11 is 11.2. The number of carbonyl (C=O) groups excluding carboxylic acids is 2. The topological polar surface area (TPSA) is 77.8 Å². The molecule has 0 unspecified atom stereocenters. The van der Waals surface area contributed by atoms with E-state index in [4.69, 9.17) is 28.2 Å². The van der Waals surface area contributed by atoms with Crippen LogP contribution in [0.3, 0.4) is 0 Å². The van der Waals surface area contributed by atoms with E-state index in [0.29, 0.717) is 17.2 Å². The molecule has 1 aromatic heterocycles. The third-order valence-electron chi connectivity index (χ3n) is 5.77. The summed E-state index contributed by atoms with van der Waals surface area (Å²) in [5.41, 5.74) is 2.67. The summed E-state index contributed by atoms with van der Waals surface area (Å²) in [6.45, 7) is 5.11. The fraction of sp³-hybridized carbons (Fsp3) is 0.269. The number of thiocarbonyl (C=S) groups is 1. The van der Waals surface area contributed by atoms with E-state index in [1.807, 2.05) is 48.2 Å².